The van der Waals surface area contributed by atoms with Crippen LogP contribution in [0.4, 0.5) is 4.39 Å². The Kier molecular flexibility index (Phi) is 4.96. The molecule has 0 aromatic heterocycles. The molecule has 16 heavy (non-hydrogen) atoms. The summed E-state index contributed by atoms with van der Waals surface area (Å²) in [6.45, 7) is 5.74. The quantitative estimate of drug-likeness (QED) is 0.544. The van der Waals surface area contributed by atoms with E-state index in [9.17, 15) is 4.39 Å². The van der Waals surface area contributed by atoms with E-state index in [1.807, 2.05) is 26.8 Å². The average molecular weight is 223 g/mol. The molecule has 1 atom stereocenters. The monoisotopic (exact) mass is 223 g/mol. The van der Waals surface area contributed by atoms with E-state index in [0.717, 1.165) is 18.6 Å². The normalized spacial score (nSPS) is 12.0. The molecule has 1 aromatic carbocycles. The van der Waals surface area contributed by atoms with Gasteiger partial charge < -0.3 is 4.84 Å². The van der Waals surface area contributed by atoms with E-state index in [1.54, 1.807) is 12.1 Å². The first-order valence-corrected chi connectivity index (χ1v) is 5.56. The third kappa shape index (κ3) is 3.65. The SMILES string of the molecule is CCCC(ON=C(C)C)c1ccccc1F. The van der Waals surface area contributed by atoms with Gasteiger partial charge in [-0.25, -0.2) is 4.39 Å². The van der Waals surface area contributed by atoms with Crippen LogP contribution in [0.2, 0.25) is 0 Å². The fourth-order valence-electron chi connectivity index (χ4n) is 1.43. The van der Waals surface area contributed by atoms with Crippen molar-refractivity contribution in [3.8, 4) is 0 Å². The molecule has 0 aliphatic rings. The van der Waals surface area contributed by atoms with Crippen LogP contribution in [-0.4, -0.2) is 5.71 Å². The lowest BCUT2D eigenvalue weighted by Crippen LogP contribution is -2.04. The predicted molar refractivity (Wildman–Crippen MR) is 63.9 cm³/mol. The van der Waals surface area contributed by atoms with Gasteiger partial charge in [-0.1, -0.05) is 36.7 Å². The van der Waals surface area contributed by atoms with Crippen LogP contribution >= 0.6 is 0 Å². The Labute approximate surface area is 96.1 Å². The van der Waals surface area contributed by atoms with Crippen LogP contribution in [-0.2, 0) is 4.84 Å². The topological polar surface area (TPSA) is 21.6 Å². The zero-order valence-electron chi connectivity index (χ0n) is 10.0. The maximum atomic E-state index is 13.6. The van der Waals surface area contributed by atoms with Crippen molar-refractivity contribution in [1.29, 1.82) is 0 Å². The predicted octanol–water partition coefficient (Wildman–Crippen LogP) is 4.08. The molecule has 1 aromatic rings. The van der Waals surface area contributed by atoms with E-state index >= 15 is 0 Å². The van der Waals surface area contributed by atoms with Crippen molar-refractivity contribution < 1.29 is 9.23 Å². The van der Waals surface area contributed by atoms with E-state index in [-0.39, 0.29) is 11.9 Å². The largest absolute Gasteiger partial charge is 0.388 e. The Balaban J connectivity index is 2.85. The molecule has 0 heterocycles. The third-order valence-electron chi connectivity index (χ3n) is 2.17. The van der Waals surface area contributed by atoms with Crippen molar-refractivity contribution in [2.75, 3.05) is 0 Å². The summed E-state index contributed by atoms with van der Waals surface area (Å²) < 4.78 is 13.6. The molecule has 0 amide bonds. The molecule has 0 aliphatic heterocycles. The van der Waals surface area contributed by atoms with Crippen LogP contribution < -0.4 is 0 Å². The lowest BCUT2D eigenvalue weighted by atomic mass is 10.0. The van der Waals surface area contributed by atoms with E-state index < -0.39 is 0 Å². The first-order valence-electron chi connectivity index (χ1n) is 5.56. The fourth-order valence-corrected chi connectivity index (χ4v) is 1.43. The van der Waals surface area contributed by atoms with Crippen LogP contribution in [0.15, 0.2) is 29.4 Å². The minimum absolute atomic E-state index is 0.232. The molecule has 0 spiro atoms. The molecule has 0 aliphatic carbocycles. The van der Waals surface area contributed by atoms with Crippen LogP contribution in [0.5, 0.6) is 0 Å². The summed E-state index contributed by atoms with van der Waals surface area (Å²) in [6, 6.07) is 6.68. The molecule has 0 saturated heterocycles. The molecule has 1 rings (SSSR count). The molecular weight excluding hydrogens is 205 g/mol. The zero-order valence-corrected chi connectivity index (χ0v) is 10.0. The summed E-state index contributed by atoms with van der Waals surface area (Å²) in [5.74, 6) is -0.232. The maximum absolute atomic E-state index is 13.6. The highest BCUT2D eigenvalue weighted by Crippen LogP contribution is 2.25. The Hall–Kier alpha value is -1.38. The lowest BCUT2D eigenvalue weighted by Gasteiger charge is -2.15. The number of hydrogen-bond donors (Lipinski definition) is 0. The van der Waals surface area contributed by atoms with Gasteiger partial charge in [0.2, 0.25) is 0 Å². The Morgan fingerprint density at radius 3 is 2.62 bits per heavy atom. The number of halogens is 1. The van der Waals surface area contributed by atoms with E-state index in [2.05, 4.69) is 5.16 Å². The van der Waals surface area contributed by atoms with Gasteiger partial charge in [0, 0.05) is 5.56 Å². The molecule has 0 radical (unpaired) electrons. The second-order valence-corrected chi connectivity index (χ2v) is 3.94. The van der Waals surface area contributed by atoms with Gasteiger partial charge in [-0.2, -0.15) is 0 Å². The first kappa shape index (κ1) is 12.7. The summed E-state index contributed by atoms with van der Waals surface area (Å²) in [4.78, 5) is 5.36. The average Bonchev–Trinajstić information content (AvgIpc) is 2.25. The fraction of sp³-hybridized carbons (Fsp3) is 0.462. The second kappa shape index (κ2) is 6.26. The van der Waals surface area contributed by atoms with Crippen LogP contribution in [0.25, 0.3) is 0 Å². The number of nitrogens with zero attached hydrogens (tertiary/aromatic N) is 1. The van der Waals surface area contributed by atoms with Crippen LogP contribution in [0.1, 0.15) is 45.3 Å². The highest BCUT2D eigenvalue weighted by molar-refractivity contribution is 5.78. The summed E-state index contributed by atoms with van der Waals surface area (Å²) in [6.07, 6.45) is 1.40. The van der Waals surface area contributed by atoms with Gasteiger partial charge in [-0.15, -0.1) is 0 Å². The second-order valence-electron chi connectivity index (χ2n) is 3.94. The maximum Gasteiger partial charge on any atom is 0.155 e. The van der Waals surface area contributed by atoms with Crippen molar-refractivity contribution in [2.24, 2.45) is 5.16 Å². The molecule has 0 N–H and O–H groups in total. The number of hydrogen-bond acceptors (Lipinski definition) is 2. The highest BCUT2D eigenvalue weighted by atomic mass is 19.1. The molecule has 3 heteroatoms. The molecular formula is C13H18FNO. The summed E-state index contributed by atoms with van der Waals surface area (Å²) >= 11 is 0. The van der Waals surface area contributed by atoms with Gasteiger partial charge in [0.15, 0.2) is 6.10 Å². The van der Waals surface area contributed by atoms with Gasteiger partial charge in [-0.05, 0) is 26.3 Å². The Morgan fingerprint density at radius 2 is 2.06 bits per heavy atom. The van der Waals surface area contributed by atoms with E-state index in [1.165, 1.54) is 6.07 Å². The van der Waals surface area contributed by atoms with Crippen molar-refractivity contribution in [3.05, 3.63) is 35.6 Å². The molecule has 0 bridgehead atoms. The first-order chi connectivity index (χ1) is 7.65. The number of oxime groups is 1. The van der Waals surface area contributed by atoms with Gasteiger partial charge in [0.1, 0.15) is 5.82 Å². The summed E-state index contributed by atoms with van der Waals surface area (Å²) in [7, 11) is 0. The standard InChI is InChI=1S/C13H18FNO/c1-4-7-13(16-15-10(2)3)11-8-5-6-9-12(11)14/h5-6,8-9,13H,4,7H2,1-3H3. The molecule has 2 nitrogen and oxygen atoms in total. The lowest BCUT2D eigenvalue weighted by molar-refractivity contribution is 0.0488. The van der Waals surface area contributed by atoms with Gasteiger partial charge in [-0.3, -0.25) is 0 Å². The minimum Gasteiger partial charge on any atom is -0.388 e. The highest BCUT2D eigenvalue weighted by Gasteiger charge is 2.15. The third-order valence-corrected chi connectivity index (χ3v) is 2.17. The number of benzene rings is 1. The molecule has 1 unspecified atom stereocenters. The van der Waals surface area contributed by atoms with E-state index in [0.29, 0.717) is 5.56 Å². The van der Waals surface area contributed by atoms with Gasteiger partial charge >= 0.3 is 0 Å². The van der Waals surface area contributed by atoms with Crippen molar-refractivity contribution in [3.63, 3.8) is 0 Å². The smallest absolute Gasteiger partial charge is 0.155 e. The van der Waals surface area contributed by atoms with Crippen molar-refractivity contribution in [1.82, 2.24) is 0 Å². The Bertz CT molecular complexity index is 359. The summed E-state index contributed by atoms with van der Waals surface area (Å²) in [5.41, 5.74) is 1.41. The van der Waals surface area contributed by atoms with Crippen molar-refractivity contribution in [2.45, 2.75) is 39.7 Å². The van der Waals surface area contributed by atoms with Gasteiger partial charge in [0.05, 0.1) is 5.71 Å². The van der Waals surface area contributed by atoms with Crippen molar-refractivity contribution >= 4 is 5.71 Å². The van der Waals surface area contributed by atoms with E-state index in [4.69, 9.17) is 4.84 Å². The molecule has 0 saturated carbocycles. The van der Waals surface area contributed by atoms with Gasteiger partial charge in [0.25, 0.3) is 0 Å². The zero-order chi connectivity index (χ0) is 12.0. The summed E-state index contributed by atoms with van der Waals surface area (Å²) in [5, 5.41) is 3.91. The Morgan fingerprint density at radius 1 is 1.38 bits per heavy atom. The molecule has 88 valence electrons. The number of rotatable bonds is 5. The van der Waals surface area contributed by atoms with Crippen LogP contribution in [0, 0.1) is 5.82 Å². The molecule has 0 fully saturated rings. The van der Waals surface area contributed by atoms with Crippen LogP contribution in [0.3, 0.4) is 0 Å². The minimum atomic E-state index is -0.291.